The largest absolute Gasteiger partial charge is 0.417 e. The van der Waals surface area contributed by atoms with Gasteiger partial charge in [-0.15, -0.1) is 0 Å². The van der Waals surface area contributed by atoms with Crippen molar-refractivity contribution in [3.63, 3.8) is 0 Å². The summed E-state index contributed by atoms with van der Waals surface area (Å²) < 4.78 is 40.6. The molecule has 4 aromatic rings. The molecule has 140 valence electrons. The Morgan fingerprint density at radius 3 is 2.50 bits per heavy atom. The van der Waals surface area contributed by atoms with Gasteiger partial charge in [0, 0.05) is 22.2 Å². The molecule has 0 fully saturated rings. The lowest BCUT2D eigenvalue weighted by molar-refractivity contribution is -0.137. The fourth-order valence-electron chi connectivity index (χ4n) is 2.98. The lowest BCUT2D eigenvalue weighted by atomic mass is 10.00. The van der Waals surface area contributed by atoms with Crippen LogP contribution >= 0.6 is 11.6 Å². The molecule has 0 aliphatic carbocycles. The van der Waals surface area contributed by atoms with Crippen molar-refractivity contribution in [1.29, 1.82) is 0 Å². The molecule has 0 N–H and O–H groups in total. The van der Waals surface area contributed by atoms with Crippen LogP contribution in [-0.2, 0) is 6.18 Å². The highest BCUT2D eigenvalue weighted by Gasteiger charge is 2.34. The first-order valence-electron chi connectivity index (χ1n) is 8.40. The fraction of sp³-hybridized carbons (Fsp3) is 0.0952. The number of alkyl halides is 3. The number of pyridine rings is 1. The highest BCUT2D eigenvalue weighted by atomic mass is 35.5. The molecule has 3 nitrogen and oxygen atoms in total. The van der Waals surface area contributed by atoms with Crippen molar-refractivity contribution < 1.29 is 13.2 Å². The smallest absolute Gasteiger partial charge is 0.244 e. The summed E-state index contributed by atoms with van der Waals surface area (Å²) in [5.74, 6) is 0.350. The third kappa shape index (κ3) is 3.43. The van der Waals surface area contributed by atoms with Crippen LogP contribution in [0.2, 0.25) is 5.02 Å². The van der Waals surface area contributed by atoms with Crippen LogP contribution in [0.3, 0.4) is 0 Å². The van der Waals surface area contributed by atoms with Gasteiger partial charge < -0.3 is 0 Å². The Bertz CT molecular complexity index is 1190. The molecule has 2 aromatic heterocycles. The summed E-state index contributed by atoms with van der Waals surface area (Å²) in [6.07, 6.45) is -2.88. The zero-order valence-corrected chi connectivity index (χ0v) is 15.4. The van der Waals surface area contributed by atoms with Crippen molar-refractivity contribution in [2.45, 2.75) is 13.1 Å². The minimum absolute atomic E-state index is 0.0164. The first kappa shape index (κ1) is 18.4. The van der Waals surface area contributed by atoms with Crippen LogP contribution in [0.15, 0.2) is 60.8 Å². The molecule has 0 aliphatic heterocycles. The highest BCUT2D eigenvalue weighted by Crippen LogP contribution is 2.39. The van der Waals surface area contributed by atoms with Gasteiger partial charge in [-0.25, -0.2) is 15.0 Å². The number of halogens is 4. The van der Waals surface area contributed by atoms with Gasteiger partial charge >= 0.3 is 6.18 Å². The van der Waals surface area contributed by atoms with Crippen LogP contribution < -0.4 is 0 Å². The summed E-state index contributed by atoms with van der Waals surface area (Å²) in [6, 6.07) is 14.6. The second-order valence-electron chi connectivity index (χ2n) is 6.30. The third-order valence-corrected chi connectivity index (χ3v) is 4.59. The quantitative estimate of drug-likeness (QED) is 0.395. The van der Waals surface area contributed by atoms with Crippen LogP contribution in [-0.4, -0.2) is 15.0 Å². The summed E-state index contributed by atoms with van der Waals surface area (Å²) in [5, 5.41) is 0.887. The topological polar surface area (TPSA) is 38.7 Å². The van der Waals surface area contributed by atoms with E-state index in [0.29, 0.717) is 17.1 Å². The minimum atomic E-state index is -4.55. The molecule has 2 heterocycles. The van der Waals surface area contributed by atoms with Gasteiger partial charge in [0.25, 0.3) is 0 Å². The number of hydrogen-bond donors (Lipinski definition) is 0. The van der Waals surface area contributed by atoms with Crippen LogP contribution in [0.4, 0.5) is 13.2 Å². The van der Waals surface area contributed by atoms with Crippen molar-refractivity contribution in [1.82, 2.24) is 15.0 Å². The van der Waals surface area contributed by atoms with Gasteiger partial charge in [0.2, 0.25) is 0 Å². The molecule has 0 amide bonds. The molecule has 0 spiro atoms. The molecule has 28 heavy (non-hydrogen) atoms. The fourth-order valence-corrected chi connectivity index (χ4v) is 3.15. The Kier molecular flexibility index (Phi) is 4.51. The van der Waals surface area contributed by atoms with E-state index in [1.807, 2.05) is 24.3 Å². The van der Waals surface area contributed by atoms with Crippen LogP contribution in [0.25, 0.3) is 33.7 Å². The molecule has 7 heteroatoms. The Morgan fingerprint density at radius 1 is 0.929 bits per heavy atom. The summed E-state index contributed by atoms with van der Waals surface area (Å²) in [5.41, 5.74) is 1.10. The van der Waals surface area contributed by atoms with Crippen molar-refractivity contribution in [2.24, 2.45) is 0 Å². The zero-order chi connectivity index (χ0) is 19.9. The number of nitrogens with zero attached hydrogens (tertiary/aromatic N) is 3. The number of aromatic nitrogens is 3. The van der Waals surface area contributed by atoms with Crippen molar-refractivity contribution in [3.8, 4) is 22.8 Å². The lowest BCUT2D eigenvalue weighted by Gasteiger charge is -2.15. The van der Waals surface area contributed by atoms with E-state index in [0.717, 1.165) is 17.0 Å². The maximum atomic E-state index is 13.5. The predicted octanol–water partition coefficient (Wildman–Crippen LogP) is 6.34. The van der Waals surface area contributed by atoms with Gasteiger partial charge in [-0.05, 0) is 36.8 Å². The van der Waals surface area contributed by atoms with Crippen molar-refractivity contribution >= 4 is 22.5 Å². The molecule has 0 bridgehead atoms. The second-order valence-corrected chi connectivity index (χ2v) is 6.74. The average molecular weight is 400 g/mol. The maximum Gasteiger partial charge on any atom is 0.417 e. The standard InChI is InChI=1S/C21H13ClF3N3/c1-12-6-9-18(20-26-11-13-4-2-3-5-17(13)28-20)27-19(12)15-8-7-14(22)10-16(15)21(23,24)25/h2-11H,1H3. The van der Waals surface area contributed by atoms with Gasteiger partial charge in [-0.2, -0.15) is 13.2 Å². The summed E-state index contributed by atoms with van der Waals surface area (Å²) >= 11 is 5.79. The number of aryl methyl sites for hydroxylation is 1. The second kappa shape index (κ2) is 6.87. The number of rotatable bonds is 2. The van der Waals surface area contributed by atoms with E-state index in [2.05, 4.69) is 15.0 Å². The SMILES string of the molecule is Cc1ccc(-c2ncc3ccccc3n2)nc1-c1ccc(Cl)cc1C(F)(F)F. The van der Waals surface area contributed by atoms with E-state index in [1.54, 1.807) is 25.3 Å². The maximum absolute atomic E-state index is 13.5. The number of hydrogen-bond acceptors (Lipinski definition) is 3. The van der Waals surface area contributed by atoms with Crippen molar-refractivity contribution in [2.75, 3.05) is 0 Å². The third-order valence-electron chi connectivity index (χ3n) is 4.36. The molecular formula is C21H13ClF3N3. The number of fused-ring (bicyclic) bond motifs is 1. The summed E-state index contributed by atoms with van der Waals surface area (Å²) in [6.45, 7) is 1.71. The first-order chi connectivity index (χ1) is 13.3. The normalized spacial score (nSPS) is 11.8. The van der Waals surface area contributed by atoms with E-state index in [9.17, 15) is 13.2 Å². The first-order valence-corrected chi connectivity index (χ1v) is 8.77. The Morgan fingerprint density at radius 2 is 1.71 bits per heavy atom. The number of benzene rings is 2. The number of para-hydroxylation sites is 1. The molecule has 0 radical (unpaired) electrons. The van der Waals surface area contributed by atoms with Crippen LogP contribution in [0.5, 0.6) is 0 Å². The molecule has 4 rings (SSSR count). The van der Waals surface area contributed by atoms with E-state index in [1.165, 1.54) is 12.1 Å². The average Bonchev–Trinajstić information content (AvgIpc) is 2.67. The highest BCUT2D eigenvalue weighted by molar-refractivity contribution is 6.30. The molecular weight excluding hydrogens is 387 g/mol. The van der Waals surface area contributed by atoms with E-state index in [4.69, 9.17) is 11.6 Å². The lowest BCUT2D eigenvalue weighted by Crippen LogP contribution is -2.08. The molecule has 0 unspecified atom stereocenters. The molecule has 0 aliphatic rings. The zero-order valence-electron chi connectivity index (χ0n) is 14.6. The Hall–Kier alpha value is -2.99. The van der Waals surface area contributed by atoms with Crippen LogP contribution in [0.1, 0.15) is 11.1 Å². The van der Waals surface area contributed by atoms with Gasteiger partial charge in [0.1, 0.15) is 5.69 Å². The molecule has 0 saturated heterocycles. The van der Waals surface area contributed by atoms with Gasteiger partial charge in [-0.3, -0.25) is 0 Å². The van der Waals surface area contributed by atoms with E-state index >= 15 is 0 Å². The molecule has 2 aromatic carbocycles. The van der Waals surface area contributed by atoms with E-state index in [-0.39, 0.29) is 16.3 Å². The predicted molar refractivity (Wildman–Crippen MR) is 103 cm³/mol. The minimum Gasteiger partial charge on any atom is -0.244 e. The Balaban J connectivity index is 1.89. The van der Waals surface area contributed by atoms with Gasteiger partial charge in [-0.1, -0.05) is 41.9 Å². The van der Waals surface area contributed by atoms with Gasteiger partial charge in [0.05, 0.1) is 16.8 Å². The van der Waals surface area contributed by atoms with Crippen LogP contribution in [0, 0.1) is 6.92 Å². The summed E-state index contributed by atoms with van der Waals surface area (Å²) in [4.78, 5) is 13.2. The molecule has 0 saturated carbocycles. The monoisotopic (exact) mass is 399 g/mol. The van der Waals surface area contributed by atoms with E-state index < -0.39 is 11.7 Å². The van der Waals surface area contributed by atoms with Crippen molar-refractivity contribution in [3.05, 3.63) is 76.9 Å². The Labute approximate surface area is 163 Å². The molecule has 0 atom stereocenters. The van der Waals surface area contributed by atoms with Gasteiger partial charge in [0.15, 0.2) is 5.82 Å². The summed E-state index contributed by atoms with van der Waals surface area (Å²) in [7, 11) is 0.